The second-order valence-electron chi connectivity index (χ2n) is 28.1. The van der Waals surface area contributed by atoms with Crippen LogP contribution in [0.15, 0.2) is 72.9 Å². The minimum atomic E-state index is -4.33. The van der Waals surface area contributed by atoms with E-state index in [1.807, 2.05) is 21.1 Å². The van der Waals surface area contributed by atoms with Crippen LogP contribution in [-0.2, 0) is 18.4 Å². The molecule has 0 aliphatic heterocycles. The summed E-state index contributed by atoms with van der Waals surface area (Å²) in [5.74, 6) is -0.137. The van der Waals surface area contributed by atoms with Gasteiger partial charge in [-0.15, -0.1) is 0 Å². The van der Waals surface area contributed by atoms with Crippen LogP contribution in [0.2, 0.25) is 0 Å². The highest BCUT2D eigenvalue weighted by molar-refractivity contribution is 7.47. The number of phosphoric ester groups is 1. The summed E-state index contributed by atoms with van der Waals surface area (Å²) < 4.78 is 24.0. The maximum absolute atomic E-state index is 13.1. The van der Waals surface area contributed by atoms with E-state index in [0.29, 0.717) is 23.9 Å². The minimum Gasteiger partial charge on any atom is -0.391 e. The summed E-state index contributed by atoms with van der Waals surface area (Å²) in [5.41, 5.74) is 0. The Morgan fingerprint density at radius 1 is 0.389 bits per heavy atom. The van der Waals surface area contributed by atoms with Gasteiger partial charge >= 0.3 is 7.82 Å². The first-order valence-electron chi connectivity index (χ1n) is 39.3. The lowest BCUT2D eigenvalue weighted by molar-refractivity contribution is -0.870. The molecule has 3 atom stereocenters. The number of allylic oxidation sites excluding steroid dienone is 12. The lowest BCUT2D eigenvalue weighted by atomic mass is 10.0. The third kappa shape index (κ3) is 73.4. The fraction of sp³-hybridized carbons (Fsp3) is 0.840. The number of nitrogens with zero attached hydrogens (tertiary/aromatic N) is 1. The first-order valence-corrected chi connectivity index (χ1v) is 40.8. The zero-order valence-electron chi connectivity index (χ0n) is 60.6. The molecule has 0 aromatic carbocycles. The van der Waals surface area contributed by atoms with Crippen molar-refractivity contribution in [2.24, 2.45) is 0 Å². The Morgan fingerprint density at radius 3 is 0.978 bits per heavy atom. The fourth-order valence-corrected chi connectivity index (χ4v) is 12.7. The van der Waals surface area contributed by atoms with Crippen molar-refractivity contribution in [1.29, 1.82) is 0 Å². The van der Waals surface area contributed by atoms with E-state index in [1.165, 1.54) is 283 Å². The molecular weight excluding hydrogens is 1130 g/mol. The fourth-order valence-electron chi connectivity index (χ4n) is 11.9. The molecule has 90 heavy (non-hydrogen) atoms. The number of likely N-dealkylation sites (N-methyl/N-ethyl adjacent to an activating group) is 1. The van der Waals surface area contributed by atoms with Crippen LogP contribution >= 0.6 is 7.82 Å². The predicted molar refractivity (Wildman–Crippen MR) is 397 cm³/mol. The number of nitrogens with one attached hydrogen (secondary N) is 1. The van der Waals surface area contributed by atoms with E-state index >= 15 is 0 Å². The van der Waals surface area contributed by atoms with E-state index in [0.717, 1.165) is 77.0 Å². The van der Waals surface area contributed by atoms with Crippen molar-refractivity contribution in [2.75, 3.05) is 40.9 Å². The number of hydrogen-bond donors (Lipinski definition) is 3. The Balaban J connectivity index is 3.94. The molecule has 8 nitrogen and oxygen atoms in total. The SMILES string of the molecule is CC/C=C\C/C=C\C/C=C\C/C=C\C/C=C\C/C=C\CCCCCCCCCCCCCCCCCCCCCCC(=O)NC(COP(=O)(O)OCC[N+](C)(C)C)C(O)CCCCCCCCCCCCCCCCCCCCCCCCCCCCCCC. The van der Waals surface area contributed by atoms with E-state index in [2.05, 4.69) is 92.1 Å². The van der Waals surface area contributed by atoms with Crippen LogP contribution in [0.3, 0.4) is 0 Å². The van der Waals surface area contributed by atoms with Gasteiger partial charge in [-0.3, -0.25) is 13.8 Å². The average molecular weight is 1280 g/mol. The Hall–Kier alpha value is -2.06. The van der Waals surface area contributed by atoms with Crippen molar-refractivity contribution in [1.82, 2.24) is 5.32 Å². The minimum absolute atomic E-state index is 0.0755. The van der Waals surface area contributed by atoms with Crippen molar-refractivity contribution in [2.45, 2.75) is 398 Å². The van der Waals surface area contributed by atoms with Gasteiger partial charge in [-0.05, 0) is 64.2 Å². The van der Waals surface area contributed by atoms with Crippen LogP contribution in [0.1, 0.15) is 386 Å². The highest BCUT2D eigenvalue weighted by Crippen LogP contribution is 2.43. The molecule has 3 unspecified atom stereocenters. The molecule has 0 aromatic rings. The molecule has 3 N–H and O–H groups in total. The summed E-state index contributed by atoms with van der Waals surface area (Å²) in [4.78, 5) is 23.5. The maximum atomic E-state index is 13.1. The molecule has 9 heteroatoms. The molecule has 0 aliphatic carbocycles. The summed E-state index contributed by atoms with van der Waals surface area (Å²) in [6, 6.07) is -0.763. The van der Waals surface area contributed by atoms with Crippen molar-refractivity contribution >= 4 is 13.7 Å². The highest BCUT2D eigenvalue weighted by Gasteiger charge is 2.28. The first kappa shape index (κ1) is 87.9. The topological polar surface area (TPSA) is 105 Å². The molecule has 0 rings (SSSR count). The Bertz CT molecular complexity index is 1700. The molecule has 0 heterocycles. The number of aliphatic hydroxyl groups is 1. The van der Waals surface area contributed by atoms with Crippen molar-refractivity contribution in [3.05, 3.63) is 72.9 Å². The third-order valence-corrected chi connectivity index (χ3v) is 19.0. The second kappa shape index (κ2) is 71.2. The maximum Gasteiger partial charge on any atom is 0.472 e. The number of quaternary nitrogens is 1. The highest BCUT2D eigenvalue weighted by atomic mass is 31.2. The number of hydrogen-bond acceptors (Lipinski definition) is 5. The number of phosphoric acid groups is 1. The van der Waals surface area contributed by atoms with Crippen molar-refractivity contribution in [3.8, 4) is 0 Å². The van der Waals surface area contributed by atoms with Gasteiger partial charge < -0.3 is 19.8 Å². The van der Waals surface area contributed by atoms with Crippen LogP contribution in [0.25, 0.3) is 0 Å². The summed E-state index contributed by atoms with van der Waals surface area (Å²) in [6.07, 6.45) is 100. The molecule has 0 aliphatic rings. The number of carbonyl (C=O) groups excluding carboxylic acids is 1. The van der Waals surface area contributed by atoms with Gasteiger partial charge in [-0.1, -0.05) is 389 Å². The lowest BCUT2D eigenvalue weighted by Gasteiger charge is -2.26. The lowest BCUT2D eigenvalue weighted by Crippen LogP contribution is -2.46. The molecule has 0 radical (unpaired) electrons. The molecule has 528 valence electrons. The number of amides is 1. The van der Waals surface area contributed by atoms with Gasteiger partial charge in [0.25, 0.3) is 0 Å². The summed E-state index contributed by atoms with van der Waals surface area (Å²) in [6.45, 7) is 4.83. The smallest absolute Gasteiger partial charge is 0.391 e. The third-order valence-electron chi connectivity index (χ3n) is 18.0. The van der Waals surface area contributed by atoms with Crippen LogP contribution in [-0.4, -0.2) is 73.4 Å². The van der Waals surface area contributed by atoms with E-state index in [9.17, 15) is 19.4 Å². The van der Waals surface area contributed by atoms with Crippen LogP contribution < -0.4 is 5.32 Å². The first-order chi connectivity index (χ1) is 44.0. The largest absolute Gasteiger partial charge is 0.472 e. The average Bonchev–Trinajstić information content (AvgIpc) is 3.72. The molecular formula is C81H154N2O6P+. The van der Waals surface area contributed by atoms with Gasteiger partial charge in [0.05, 0.1) is 39.9 Å². The summed E-state index contributed by atoms with van der Waals surface area (Å²) in [5, 5.41) is 14.2. The number of aliphatic hydroxyl groups excluding tert-OH is 1. The number of rotatable bonds is 73. The second-order valence-corrected chi connectivity index (χ2v) is 29.5. The van der Waals surface area contributed by atoms with Gasteiger partial charge in [0.2, 0.25) is 5.91 Å². The number of unbranched alkanes of at least 4 members (excludes halogenated alkanes) is 48. The molecule has 0 bridgehead atoms. The van der Waals surface area contributed by atoms with E-state index in [4.69, 9.17) is 9.05 Å². The van der Waals surface area contributed by atoms with Crippen LogP contribution in [0.4, 0.5) is 0 Å². The van der Waals surface area contributed by atoms with Gasteiger partial charge in [0.1, 0.15) is 13.2 Å². The summed E-state index contributed by atoms with van der Waals surface area (Å²) in [7, 11) is 1.63. The van der Waals surface area contributed by atoms with E-state index in [1.54, 1.807) is 0 Å². The molecule has 0 spiro atoms. The Labute approximate surface area is 561 Å². The quantitative estimate of drug-likeness (QED) is 0.0243. The zero-order chi connectivity index (χ0) is 65.5. The molecule has 0 saturated carbocycles. The zero-order valence-corrected chi connectivity index (χ0v) is 61.5. The Morgan fingerprint density at radius 2 is 0.667 bits per heavy atom. The van der Waals surface area contributed by atoms with Crippen molar-refractivity contribution in [3.63, 3.8) is 0 Å². The molecule has 0 saturated heterocycles. The predicted octanol–water partition coefficient (Wildman–Crippen LogP) is 25.7. The summed E-state index contributed by atoms with van der Waals surface area (Å²) >= 11 is 0. The standard InChI is InChI=1S/C81H153N2O6P/c1-6-8-10-12-14-16-18-20-22-24-26-28-30-32-34-36-37-38-39-40-41-42-43-44-45-47-49-51-53-55-57-59-61-63-65-67-69-71-73-75-81(85)82-79(78-89-90(86,87)88-77-76-83(3,4)5)80(84)74-72-70-68-66-64-62-60-58-56-54-52-50-48-46-35-33-31-29-27-25-23-21-19-17-15-13-11-9-7-2/h8,10,14,16,20,22,26,28,32,34,37-38,79-80,84H,6-7,9,11-13,15,17-19,21,23-25,27,29-31,33,35-36,39-78H2,1-5H3,(H-,82,85,86,87)/p+1/b10-8-,16-14-,22-20-,28-26-,34-32-,38-37-. The van der Waals surface area contributed by atoms with Gasteiger partial charge in [-0.2, -0.15) is 0 Å². The monoisotopic (exact) mass is 1280 g/mol. The van der Waals surface area contributed by atoms with E-state index in [-0.39, 0.29) is 19.1 Å². The number of carbonyl (C=O) groups is 1. The molecule has 0 fully saturated rings. The van der Waals surface area contributed by atoms with Gasteiger partial charge in [0.15, 0.2) is 0 Å². The van der Waals surface area contributed by atoms with Crippen LogP contribution in [0.5, 0.6) is 0 Å². The van der Waals surface area contributed by atoms with Gasteiger partial charge in [-0.25, -0.2) is 4.57 Å². The molecule has 1 amide bonds. The van der Waals surface area contributed by atoms with Crippen molar-refractivity contribution < 1.29 is 32.9 Å². The van der Waals surface area contributed by atoms with Crippen LogP contribution in [0, 0.1) is 0 Å². The molecule has 0 aromatic heterocycles. The van der Waals surface area contributed by atoms with Gasteiger partial charge in [0, 0.05) is 6.42 Å². The Kier molecular flexibility index (Phi) is 69.6. The normalized spacial score (nSPS) is 13.9. The van der Waals surface area contributed by atoms with E-state index < -0.39 is 20.0 Å².